The van der Waals surface area contributed by atoms with E-state index in [1.807, 2.05) is 26.0 Å². The van der Waals surface area contributed by atoms with E-state index in [9.17, 15) is 18.0 Å². The van der Waals surface area contributed by atoms with Crippen molar-refractivity contribution in [3.05, 3.63) is 94.0 Å². The second-order valence-corrected chi connectivity index (χ2v) is 13.2. The van der Waals surface area contributed by atoms with Crippen LogP contribution in [-0.4, -0.2) is 43.8 Å². The molecule has 0 heterocycles. The van der Waals surface area contributed by atoms with Crippen molar-refractivity contribution in [2.24, 2.45) is 0 Å². The Hall–Kier alpha value is -3.07. The summed E-state index contributed by atoms with van der Waals surface area (Å²) in [5.41, 5.74) is 2.00. The maximum absolute atomic E-state index is 14.2. The summed E-state index contributed by atoms with van der Waals surface area (Å²) < 4.78 is 29.0. The molecule has 3 aromatic carbocycles. The molecule has 224 valence electrons. The van der Waals surface area contributed by atoms with Gasteiger partial charge in [0, 0.05) is 22.6 Å². The van der Waals surface area contributed by atoms with Crippen molar-refractivity contribution in [2.45, 2.75) is 75.9 Å². The number of halogens is 2. The van der Waals surface area contributed by atoms with Crippen molar-refractivity contribution in [3.63, 3.8) is 0 Å². The van der Waals surface area contributed by atoms with E-state index in [1.54, 1.807) is 48.5 Å². The first-order valence-electron chi connectivity index (χ1n) is 14.3. The molecule has 0 aromatic heterocycles. The number of carbonyl (C=O) groups excluding carboxylic acids is 2. The lowest BCUT2D eigenvalue weighted by atomic mass is 10.1. The third kappa shape index (κ3) is 7.65. The molecule has 7 nitrogen and oxygen atoms in total. The number of sulfonamides is 1. The van der Waals surface area contributed by atoms with Crippen LogP contribution in [-0.2, 0) is 32.6 Å². The third-order valence-electron chi connectivity index (χ3n) is 7.69. The maximum Gasteiger partial charge on any atom is 0.264 e. The first-order chi connectivity index (χ1) is 20.1. The van der Waals surface area contributed by atoms with Gasteiger partial charge in [-0.25, -0.2) is 8.42 Å². The molecule has 3 aromatic rings. The molecule has 0 spiro atoms. The molecule has 1 aliphatic carbocycles. The lowest BCUT2D eigenvalue weighted by Gasteiger charge is -2.34. The number of anilines is 1. The molecule has 1 aliphatic rings. The summed E-state index contributed by atoms with van der Waals surface area (Å²) in [6.45, 7) is 3.36. The van der Waals surface area contributed by atoms with E-state index < -0.39 is 28.5 Å². The van der Waals surface area contributed by atoms with Crippen molar-refractivity contribution >= 4 is 50.7 Å². The molecule has 0 radical (unpaired) electrons. The number of amides is 2. The van der Waals surface area contributed by atoms with Gasteiger partial charge in [0.15, 0.2) is 0 Å². The van der Waals surface area contributed by atoms with Crippen molar-refractivity contribution in [1.82, 2.24) is 10.2 Å². The van der Waals surface area contributed by atoms with Crippen LogP contribution < -0.4 is 9.62 Å². The van der Waals surface area contributed by atoms with Crippen molar-refractivity contribution in [2.75, 3.05) is 10.8 Å². The fraction of sp³-hybridized carbons (Fsp3) is 0.375. The summed E-state index contributed by atoms with van der Waals surface area (Å²) in [5.74, 6) is -0.777. The van der Waals surface area contributed by atoms with Gasteiger partial charge in [-0.05, 0) is 73.2 Å². The van der Waals surface area contributed by atoms with E-state index in [4.69, 9.17) is 23.2 Å². The molecule has 42 heavy (non-hydrogen) atoms. The van der Waals surface area contributed by atoms with Gasteiger partial charge in [0.25, 0.3) is 10.0 Å². The topological polar surface area (TPSA) is 86.8 Å². The molecular formula is C32H37Cl2N3O4S. The minimum atomic E-state index is -4.12. The Balaban J connectivity index is 1.72. The highest BCUT2D eigenvalue weighted by atomic mass is 35.5. The Morgan fingerprint density at radius 2 is 1.62 bits per heavy atom. The quantitative estimate of drug-likeness (QED) is 0.244. The van der Waals surface area contributed by atoms with Gasteiger partial charge in [-0.15, -0.1) is 0 Å². The number of hydrogen-bond donors (Lipinski definition) is 1. The summed E-state index contributed by atoms with van der Waals surface area (Å²) in [7, 11) is -4.12. The predicted molar refractivity (Wildman–Crippen MR) is 168 cm³/mol. The van der Waals surface area contributed by atoms with Gasteiger partial charge in [-0.2, -0.15) is 0 Å². The molecule has 1 N–H and O–H groups in total. The summed E-state index contributed by atoms with van der Waals surface area (Å²) in [5, 5.41) is 3.91. The molecule has 0 aliphatic heterocycles. The number of rotatable bonds is 12. The van der Waals surface area contributed by atoms with Gasteiger partial charge in [0.2, 0.25) is 11.8 Å². The molecule has 0 saturated heterocycles. The molecule has 1 atom stereocenters. The van der Waals surface area contributed by atoms with E-state index in [2.05, 4.69) is 5.32 Å². The van der Waals surface area contributed by atoms with Crippen LogP contribution >= 0.6 is 23.2 Å². The molecule has 2 amide bonds. The Bertz CT molecular complexity index is 1480. The summed E-state index contributed by atoms with van der Waals surface area (Å²) in [4.78, 5) is 29.3. The van der Waals surface area contributed by atoms with Crippen LogP contribution in [0.1, 0.15) is 57.1 Å². The second kappa shape index (κ2) is 14.4. The minimum absolute atomic E-state index is 0.0133. The minimum Gasteiger partial charge on any atom is -0.352 e. The van der Waals surface area contributed by atoms with Gasteiger partial charge in [-0.1, -0.05) is 86.3 Å². The highest BCUT2D eigenvalue weighted by Crippen LogP contribution is 2.27. The standard InChI is InChI=1S/C32H37Cl2N3O4S/c1-3-23-14-18-27(19-15-23)37(42(40,41)28-12-6-5-7-13-28)22-31(38)36(21-24-16-17-25(33)20-29(24)34)30(4-2)32(39)35-26-10-8-9-11-26/h5-7,12-20,26,30H,3-4,8-11,21-22H2,1-2H3,(H,35,39)/t30-/m1/s1. The number of nitrogens with zero attached hydrogens (tertiary/aromatic N) is 2. The van der Waals surface area contributed by atoms with Crippen molar-refractivity contribution < 1.29 is 18.0 Å². The molecule has 4 rings (SSSR count). The molecule has 1 fully saturated rings. The van der Waals surface area contributed by atoms with E-state index in [0.717, 1.165) is 42.0 Å². The van der Waals surface area contributed by atoms with Gasteiger partial charge in [-0.3, -0.25) is 13.9 Å². The summed E-state index contributed by atoms with van der Waals surface area (Å²) in [6.07, 6.45) is 5.02. The number of nitrogens with one attached hydrogen (secondary N) is 1. The molecule has 0 bridgehead atoms. The van der Waals surface area contributed by atoms with Crippen LogP contribution in [0, 0.1) is 0 Å². The monoisotopic (exact) mass is 629 g/mol. The predicted octanol–water partition coefficient (Wildman–Crippen LogP) is 6.62. The molecule has 10 heteroatoms. The van der Waals surface area contributed by atoms with Gasteiger partial charge < -0.3 is 10.2 Å². The van der Waals surface area contributed by atoms with Crippen LogP contribution in [0.5, 0.6) is 0 Å². The number of carbonyl (C=O) groups is 2. The lowest BCUT2D eigenvalue weighted by Crippen LogP contribution is -2.53. The first-order valence-corrected chi connectivity index (χ1v) is 16.5. The fourth-order valence-corrected chi connectivity index (χ4v) is 7.17. The second-order valence-electron chi connectivity index (χ2n) is 10.5. The molecular weight excluding hydrogens is 593 g/mol. The van der Waals surface area contributed by atoms with Crippen molar-refractivity contribution in [1.29, 1.82) is 0 Å². The SMILES string of the molecule is CCc1ccc(N(CC(=O)N(Cc2ccc(Cl)cc2Cl)[C@H](CC)C(=O)NC2CCCC2)S(=O)(=O)c2ccccc2)cc1. The summed E-state index contributed by atoms with van der Waals surface area (Å²) >= 11 is 12.6. The van der Waals surface area contributed by atoms with E-state index in [1.165, 1.54) is 17.0 Å². The summed E-state index contributed by atoms with van der Waals surface area (Å²) in [6, 6.07) is 19.3. The normalized spacial score (nSPS) is 14.4. The van der Waals surface area contributed by atoms with Crippen LogP contribution in [0.4, 0.5) is 5.69 Å². The average Bonchev–Trinajstić information content (AvgIpc) is 3.50. The Labute approximate surface area is 258 Å². The fourth-order valence-electron chi connectivity index (χ4n) is 5.27. The number of benzene rings is 3. The van der Waals surface area contributed by atoms with E-state index in [0.29, 0.717) is 27.7 Å². The average molecular weight is 631 g/mol. The maximum atomic E-state index is 14.2. The zero-order chi connectivity index (χ0) is 30.3. The Kier molecular flexibility index (Phi) is 10.9. The van der Waals surface area contributed by atoms with Crippen molar-refractivity contribution in [3.8, 4) is 0 Å². The largest absolute Gasteiger partial charge is 0.352 e. The first kappa shape index (κ1) is 31.9. The zero-order valence-corrected chi connectivity index (χ0v) is 26.3. The number of hydrogen-bond acceptors (Lipinski definition) is 4. The Morgan fingerprint density at radius 3 is 2.21 bits per heavy atom. The van der Waals surface area contributed by atoms with Gasteiger partial charge in [0.1, 0.15) is 12.6 Å². The zero-order valence-electron chi connectivity index (χ0n) is 23.9. The van der Waals surface area contributed by atoms with E-state index in [-0.39, 0.29) is 23.4 Å². The third-order valence-corrected chi connectivity index (χ3v) is 10.1. The smallest absolute Gasteiger partial charge is 0.264 e. The van der Waals surface area contributed by atoms with Crippen LogP contribution in [0.25, 0.3) is 0 Å². The van der Waals surface area contributed by atoms with Crippen LogP contribution in [0.2, 0.25) is 10.0 Å². The van der Waals surface area contributed by atoms with E-state index >= 15 is 0 Å². The van der Waals surface area contributed by atoms with Gasteiger partial charge in [0.05, 0.1) is 10.6 Å². The molecule has 0 unspecified atom stereocenters. The lowest BCUT2D eigenvalue weighted by molar-refractivity contribution is -0.140. The van der Waals surface area contributed by atoms with Crippen LogP contribution in [0.3, 0.4) is 0 Å². The Morgan fingerprint density at radius 1 is 0.952 bits per heavy atom. The highest BCUT2D eigenvalue weighted by molar-refractivity contribution is 7.92. The van der Waals surface area contributed by atoms with Gasteiger partial charge >= 0.3 is 0 Å². The molecule has 1 saturated carbocycles. The number of aryl methyl sites for hydroxylation is 1. The highest BCUT2D eigenvalue weighted by Gasteiger charge is 2.34. The van der Waals surface area contributed by atoms with Crippen LogP contribution in [0.15, 0.2) is 77.7 Å².